The highest BCUT2D eigenvalue weighted by Gasteiger charge is 2.41. The molecule has 1 aromatic carbocycles. The van der Waals surface area contributed by atoms with Crippen molar-refractivity contribution in [2.75, 3.05) is 6.61 Å². The van der Waals surface area contributed by atoms with Gasteiger partial charge in [-0.15, -0.1) is 0 Å². The lowest BCUT2D eigenvalue weighted by Gasteiger charge is -2.37. The number of piperidine rings is 1. The molecule has 1 aliphatic carbocycles. The summed E-state index contributed by atoms with van der Waals surface area (Å²) in [4.78, 5) is 25.9. The van der Waals surface area contributed by atoms with Crippen LogP contribution < -0.4 is 10.6 Å². The Morgan fingerprint density at radius 1 is 1.15 bits per heavy atom. The molecule has 4 atom stereocenters. The topological polar surface area (TPSA) is 90.9 Å². The molecule has 4 aliphatic rings. The quantitative estimate of drug-likeness (QED) is 0.606. The van der Waals surface area contributed by atoms with Gasteiger partial charge in [0, 0.05) is 42.7 Å². The van der Waals surface area contributed by atoms with Gasteiger partial charge in [-0.05, 0) is 56.6 Å². The third-order valence-corrected chi connectivity index (χ3v) is 7.85. The molecule has 34 heavy (non-hydrogen) atoms. The van der Waals surface area contributed by atoms with Crippen molar-refractivity contribution >= 4 is 11.8 Å². The van der Waals surface area contributed by atoms with E-state index in [1.807, 2.05) is 0 Å². The van der Waals surface area contributed by atoms with E-state index in [9.17, 15) is 19.1 Å². The molecule has 3 heterocycles. The summed E-state index contributed by atoms with van der Waals surface area (Å²) < 4.78 is 35.2. The molecule has 7 nitrogen and oxygen atoms in total. The van der Waals surface area contributed by atoms with Crippen molar-refractivity contribution in [1.29, 1.82) is 0 Å². The molecular weight excluding hydrogens is 444 g/mol. The molecule has 0 spiro atoms. The Balaban J connectivity index is 1.28. The van der Waals surface area contributed by atoms with Crippen LogP contribution in [0.1, 0.15) is 72.9 Å². The number of nitrogens with one attached hydrogen (secondary N) is 2. The Morgan fingerprint density at radius 2 is 1.94 bits per heavy atom. The molecular formula is C25H33F2N3O4. The van der Waals surface area contributed by atoms with Crippen molar-refractivity contribution in [3.05, 3.63) is 34.6 Å². The summed E-state index contributed by atoms with van der Waals surface area (Å²) in [5.74, 6) is -0.971. The number of hydrogen-bond donors (Lipinski definition) is 3. The zero-order valence-corrected chi connectivity index (χ0v) is 19.3. The SMILES string of the molecule is O=C1CC[C@H](N2Cc3c(ccc(C[C@H]4OCCC[C@@H]4N[C@H]4CC[C@H](F)CC4)c3F)C2=O)C(O)N1. The predicted octanol–water partition coefficient (Wildman–Crippen LogP) is 2.34. The number of rotatable bonds is 5. The average Bonchev–Trinajstić information content (AvgIpc) is 3.15. The third-order valence-electron chi connectivity index (χ3n) is 7.85. The number of carbonyl (C=O) groups is 2. The van der Waals surface area contributed by atoms with Crippen molar-refractivity contribution in [3.63, 3.8) is 0 Å². The van der Waals surface area contributed by atoms with Crippen LogP contribution in [0.5, 0.6) is 0 Å². The van der Waals surface area contributed by atoms with Crippen LogP contribution in [0.4, 0.5) is 8.78 Å². The maximum atomic E-state index is 15.6. The van der Waals surface area contributed by atoms with Crippen LogP contribution in [-0.4, -0.2) is 65.1 Å². The van der Waals surface area contributed by atoms with Crippen molar-refractivity contribution < 1.29 is 28.2 Å². The number of aliphatic hydroxyl groups excluding tert-OH is 1. The smallest absolute Gasteiger partial charge is 0.255 e. The molecule has 5 rings (SSSR count). The molecule has 1 saturated carbocycles. The summed E-state index contributed by atoms with van der Waals surface area (Å²) in [5, 5.41) is 16.4. The van der Waals surface area contributed by atoms with Gasteiger partial charge >= 0.3 is 0 Å². The molecule has 0 radical (unpaired) electrons. The fourth-order valence-corrected chi connectivity index (χ4v) is 5.91. The van der Waals surface area contributed by atoms with Gasteiger partial charge in [-0.2, -0.15) is 0 Å². The number of ether oxygens (including phenoxy) is 1. The van der Waals surface area contributed by atoms with Gasteiger partial charge in [0.15, 0.2) is 0 Å². The number of aliphatic hydroxyl groups is 1. The average molecular weight is 478 g/mol. The van der Waals surface area contributed by atoms with E-state index >= 15 is 4.39 Å². The fourth-order valence-electron chi connectivity index (χ4n) is 5.91. The van der Waals surface area contributed by atoms with Gasteiger partial charge in [-0.25, -0.2) is 8.78 Å². The molecule has 0 bridgehead atoms. The molecule has 1 aromatic rings. The number of benzene rings is 1. The first-order valence-corrected chi connectivity index (χ1v) is 12.5. The Kier molecular flexibility index (Phi) is 6.86. The minimum Gasteiger partial charge on any atom is -0.376 e. The van der Waals surface area contributed by atoms with Crippen LogP contribution in [0.2, 0.25) is 0 Å². The van der Waals surface area contributed by atoms with Gasteiger partial charge in [0.1, 0.15) is 18.2 Å². The highest BCUT2D eigenvalue weighted by atomic mass is 19.1. The molecule has 3 fully saturated rings. The van der Waals surface area contributed by atoms with E-state index in [0.717, 1.165) is 25.7 Å². The second-order valence-corrected chi connectivity index (χ2v) is 10.1. The first kappa shape index (κ1) is 23.6. The number of alkyl halides is 1. The van der Waals surface area contributed by atoms with E-state index in [2.05, 4.69) is 10.6 Å². The summed E-state index contributed by atoms with van der Waals surface area (Å²) in [5.41, 5.74) is 1.16. The summed E-state index contributed by atoms with van der Waals surface area (Å²) in [7, 11) is 0. The van der Waals surface area contributed by atoms with Gasteiger partial charge in [0.2, 0.25) is 5.91 Å². The number of amides is 2. The van der Waals surface area contributed by atoms with E-state index in [-0.39, 0.29) is 43.0 Å². The molecule has 2 saturated heterocycles. The van der Waals surface area contributed by atoms with E-state index in [0.29, 0.717) is 49.0 Å². The third kappa shape index (κ3) is 4.70. The summed E-state index contributed by atoms with van der Waals surface area (Å²) in [6, 6.07) is 3.10. The zero-order valence-electron chi connectivity index (χ0n) is 19.3. The Bertz CT molecular complexity index is 937. The minimum atomic E-state index is -1.16. The van der Waals surface area contributed by atoms with Crippen molar-refractivity contribution in [3.8, 4) is 0 Å². The molecule has 0 aromatic heterocycles. The van der Waals surface area contributed by atoms with E-state index in [1.165, 1.54) is 4.90 Å². The van der Waals surface area contributed by atoms with E-state index in [1.54, 1.807) is 12.1 Å². The van der Waals surface area contributed by atoms with E-state index in [4.69, 9.17) is 4.74 Å². The Labute approximate surface area is 198 Å². The Hall–Kier alpha value is -2.10. The maximum absolute atomic E-state index is 15.6. The second-order valence-electron chi connectivity index (χ2n) is 10.1. The zero-order chi connectivity index (χ0) is 23.8. The number of nitrogens with zero attached hydrogens (tertiary/aromatic N) is 1. The monoisotopic (exact) mass is 477 g/mol. The van der Waals surface area contributed by atoms with Crippen molar-refractivity contribution in [2.24, 2.45) is 0 Å². The van der Waals surface area contributed by atoms with Crippen LogP contribution >= 0.6 is 0 Å². The Morgan fingerprint density at radius 3 is 2.71 bits per heavy atom. The van der Waals surface area contributed by atoms with Crippen LogP contribution in [0.3, 0.4) is 0 Å². The number of fused-ring (bicyclic) bond motifs is 1. The largest absolute Gasteiger partial charge is 0.376 e. The van der Waals surface area contributed by atoms with Crippen LogP contribution in [0.15, 0.2) is 12.1 Å². The van der Waals surface area contributed by atoms with Crippen molar-refractivity contribution in [1.82, 2.24) is 15.5 Å². The summed E-state index contributed by atoms with van der Waals surface area (Å²) in [6.45, 7) is 0.704. The van der Waals surface area contributed by atoms with Gasteiger partial charge in [0.05, 0.1) is 18.7 Å². The van der Waals surface area contributed by atoms with Gasteiger partial charge in [-0.1, -0.05) is 6.07 Å². The molecule has 3 aliphatic heterocycles. The van der Waals surface area contributed by atoms with Crippen LogP contribution in [-0.2, 0) is 22.5 Å². The molecule has 186 valence electrons. The predicted molar refractivity (Wildman–Crippen MR) is 120 cm³/mol. The van der Waals surface area contributed by atoms with Gasteiger partial charge in [0.25, 0.3) is 5.91 Å². The summed E-state index contributed by atoms with van der Waals surface area (Å²) in [6.07, 6.45) is 3.56. The highest BCUT2D eigenvalue weighted by Crippen LogP contribution is 2.33. The normalized spacial score (nSPS) is 34.1. The highest BCUT2D eigenvalue weighted by molar-refractivity contribution is 5.99. The molecule has 1 unspecified atom stereocenters. The molecule has 2 amide bonds. The molecule has 9 heteroatoms. The van der Waals surface area contributed by atoms with Gasteiger partial charge in [-0.3, -0.25) is 9.59 Å². The van der Waals surface area contributed by atoms with Crippen LogP contribution in [0.25, 0.3) is 0 Å². The number of halogens is 2. The maximum Gasteiger partial charge on any atom is 0.255 e. The minimum absolute atomic E-state index is 0.0745. The van der Waals surface area contributed by atoms with E-state index < -0.39 is 24.3 Å². The van der Waals surface area contributed by atoms with Crippen LogP contribution in [0, 0.1) is 5.82 Å². The lowest BCUT2D eigenvalue weighted by atomic mass is 9.90. The first-order chi connectivity index (χ1) is 16.4. The number of hydrogen-bond acceptors (Lipinski definition) is 5. The molecule has 3 N–H and O–H groups in total. The number of carbonyl (C=O) groups excluding carboxylic acids is 2. The van der Waals surface area contributed by atoms with Crippen molar-refractivity contribution in [2.45, 2.75) is 101 Å². The lowest BCUT2D eigenvalue weighted by molar-refractivity contribution is -0.129. The summed E-state index contributed by atoms with van der Waals surface area (Å²) >= 11 is 0. The standard InChI is InChI=1S/C25H33F2N3O4/c26-15-4-6-16(7-5-15)28-19-2-1-11-34-21(19)12-14-3-8-17-18(23(14)27)13-30(25(17)33)20-9-10-22(31)29-24(20)32/h3,8,15-16,19-21,24,28,32H,1-2,4-7,9-13H2,(H,29,31)/t15-,16-,19-,20-,21+,24?/m0/s1. The lowest BCUT2D eigenvalue weighted by Crippen LogP contribution is -2.55. The second kappa shape index (κ2) is 9.87. The van der Waals surface area contributed by atoms with Gasteiger partial charge < -0.3 is 25.4 Å². The first-order valence-electron chi connectivity index (χ1n) is 12.5. The fraction of sp³-hybridized carbons (Fsp3) is 0.680.